The lowest BCUT2D eigenvalue weighted by molar-refractivity contribution is -0.185. The summed E-state index contributed by atoms with van der Waals surface area (Å²) in [5, 5.41) is 3.42. The molecule has 114 valence electrons. The third-order valence-electron chi connectivity index (χ3n) is 5.03. The normalized spacial score (nSPS) is 24.2. The van der Waals surface area contributed by atoms with Crippen LogP contribution in [0.25, 0.3) is 0 Å². The van der Waals surface area contributed by atoms with Crippen molar-refractivity contribution in [3.63, 3.8) is 0 Å². The molecule has 0 atom stereocenters. The summed E-state index contributed by atoms with van der Waals surface area (Å²) in [4.78, 5) is 2.54. The summed E-state index contributed by atoms with van der Waals surface area (Å²) in [5.41, 5.74) is 4.28. The van der Waals surface area contributed by atoms with E-state index in [2.05, 4.69) is 28.4 Å². The minimum Gasteiger partial charge on any atom is -0.384 e. The van der Waals surface area contributed by atoms with Gasteiger partial charge in [-0.05, 0) is 30.0 Å². The van der Waals surface area contributed by atoms with Crippen molar-refractivity contribution in [1.82, 2.24) is 4.90 Å². The Morgan fingerprint density at radius 3 is 2.76 bits per heavy atom. The lowest BCUT2D eigenvalue weighted by Crippen LogP contribution is -2.45. The highest BCUT2D eigenvalue weighted by atomic mass is 16.7. The fourth-order valence-corrected chi connectivity index (χ4v) is 3.70. The molecule has 0 aromatic heterocycles. The maximum absolute atomic E-state index is 5.79. The van der Waals surface area contributed by atoms with Gasteiger partial charge in [-0.3, -0.25) is 0 Å². The van der Waals surface area contributed by atoms with Gasteiger partial charge in [-0.15, -0.1) is 0 Å². The smallest absolute Gasteiger partial charge is 0.170 e. The predicted molar refractivity (Wildman–Crippen MR) is 82.6 cm³/mol. The molecule has 3 aliphatic heterocycles. The number of rotatable bonds is 3. The molecule has 3 heterocycles. The van der Waals surface area contributed by atoms with Crippen LogP contribution in [0.15, 0.2) is 18.2 Å². The molecule has 0 radical (unpaired) electrons. The highest BCUT2D eigenvalue weighted by Gasteiger charge is 2.39. The zero-order chi connectivity index (χ0) is 14.1. The molecule has 1 aromatic carbocycles. The fraction of sp³-hybridized carbons (Fsp3) is 0.647. The van der Waals surface area contributed by atoms with E-state index >= 15 is 0 Å². The van der Waals surface area contributed by atoms with Gasteiger partial charge in [0.25, 0.3) is 0 Å². The zero-order valence-corrected chi connectivity index (χ0v) is 12.6. The van der Waals surface area contributed by atoms with Crippen LogP contribution in [0.5, 0.6) is 0 Å². The summed E-state index contributed by atoms with van der Waals surface area (Å²) in [7, 11) is 0. The third kappa shape index (κ3) is 2.80. The van der Waals surface area contributed by atoms with Gasteiger partial charge in [-0.1, -0.05) is 12.1 Å². The van der Waals surface area contributed by atoms with E-state index in [9.17, 15) is 0 Å². The quantitative estimate of drug-likeness (QED) is 0.923. The molecular weight excluding hydrogens is 264 g/mol. The Morgan fingerprint density at radius 2 is 1.95 bits per heavy atom. The minimum atomic E-state index is -0.240. The van der Waals surface area contributed by atoms with Crippen LogP contribution in [-0.4, -0.2) is 50.1 Å². The first-order valence-electron chi connectivity index (χ1n) is 8.19. The van der Waals surface area contributed by atoms with Gasteiger partial charge in [0.2, 0.25) is 0 Å². The van der Waals surface area contributed by atoms with Gasteiger partial charge in [0, 0.05) is 44.7 Å². The van der Waals surface area contributed by atoms with E-state index < -0.39 is 0 Å². The number of benzene rings is 1. The van der Waals surface area contributed by atoms with Crippen LogP contribution in [-0.2, 0) is 22.3 Å². The first-order valence-corrected chi connectivity index (χ1v) is 8.19. The second-order valence-corrected chi connectivity index (χ2v) is 6.37. The lowest BCUT2D eigenvalue weighted by Gasteiger charge is -2.37. The fourth-order valence-electron chi connectivity index (χ4n) is 3.70. The molecule has 1 aromatic rings. The van der Waals surface area contributed by atoms with Crippen LogP contribution < -0.4 is 5.32 Å². The van der Waals surface area contributed by atoms with Crippen LogP contribution >= 0.6 is 0 Å². The van der Waals surface area contributed by atoms with Gasteiger partial charge in [-0.2, -0.15) is 0 Å². The molecule has 0 unspecified atom stereocenters. The zero-order valence-electron chi connectivity index (χ0n) is 12.6. The summed E-state index contributed by atoms with van der Waals surface area (Å²) in [6, 6.07) is 6.89. The maximum Gasteiger partial charge on any atom is 0.170 e. The molecule has 21 heavy (non-hydrogen) atoms. The monoisotopic (exact) mass is 288 g/mol. The van der Waals surface area contributed by atoms with Gasteiger partial charge < -0.3 is 19.7 Å². The van der Waals surface area contributed by atoms with Crippen molar-refractivity contribution >= 4 is 5.69 Å². The van der Waals surface area contributed by atoms with Crippen molar-refractivity contribution in [2.75, 3.05) is 44.7 Å². The minimum absolute atomic E-state index is 0.240. The van der Waals surface area contributed by atoms with Crippen molar-refractivity contribution in [2.24, 2.45) is 0 Å². The molecule has 4 nitrogen and oxygen atoms in total. The molecule has 4 rings (SSSR count). The molecule has 1 N–H and O–H groups in total. The van der Waals surface area contributed by atoms with E-state index in [-0.39, 0.29) is 5.79 Å². The molecule has 2 fully saturated rings. The topological polar surface area (TPSA) is 33.7 Å². The molecule has 0 bridgehead atoms. The van der Waals surface area contributed by atoms with E-state index in [0.717, 1.165) is 58.7 Å². The molecular formula is C17H24N2O2. The molecule has 0 aliphatic carbocycles. The summed E-state index contributed by atoms with van der Waals surface area (Å²) >= 11 is 0. The SMILES string of the molecule is c1cc2c(cc1CCN1CCC3(CC1)OCCO3)CCN2. The summed E-state index contributed by atoms with van der Waals surface area (Å²) in [5.74, 6) is -0.240. The Kier molecular flexibility index (Phi) is 3.61. The lowest BCUT2D eigenvalue weighted by atomic mass is 10.0. The van der Waals surface area contributed by atoms with Crippen molar-refractivity contribution in [3.05, 3.63) is 29.3 Å². The Bertz CT molecular complexity index is 502. The molecule has 4 heteroatoms. The van der Waals surface area contributed by atoms with Crippen LogP contribution in [0.2, 0.25) is 0 Å². The number of hydrogen-bond donors (Lipinski definition) is 1. The van der Waals surface area contributed by atoms with Gasteiger partial charge >= 0.3 is 0 Å². The number of likely N-dealkylation sites (tertiary alicyclic amines) is 1. The van der Waals surface area contributed by atoms with E-state index in [1.165, 1.54) is 23.2 Å². The summed E-state index contributed by atoms with van der Waals surface area (Å²) in [6.45, 7) is 5.95. The Morgan fingerprint density at radius 1 is 1.14 bits per heavy atom. The number of fused-ring (bicyclic) bond motifs is 1. The number of nitrogens with zero attached hydrogens (tertiary/aromatic N) is 1. The van der Waals surface area contributed by atoms with Crippen molar-refractivity contribution in [3.8, 4) is 0 Å². The van der Waals surface area contributed by atoms with Gasteiger partial charge in [-0.25, -0.2) is 0 Å². The number of ether oxygens (including phenoxy) is 2. The van der Waals surface area contributed by atoms with Crippen molar-refractivity contribution < 1.29 is 9.47 Å². The average Bonchev–Trinajstić information content (AvgIpc) is 3.16. The number of hydrogen-bond acceptors (Lipinski definition) is 4. The first-order chi connectivity index (χ1) is 10.3. The highest BCUT2D eigenvalue weighted by molar-refractivity contribution is 5.56. The summed E-state index contributed by atoms with van der Waals surface area (Å²) in [6.07, 6.45) is 4.34. The van der Waals surface area contributed by atoms with Crippen LogP contribution in [0.1, 0.15) is 24.0 Å². The largest absolute Gasteiger partial charge is 0.384 e. The molecule has 0 saturated carbocycles. The van der Waals surface area contributed by atoms with E-state index in [1.54, 1.807) is 0 Å². The maximum atomic E-state index is 5.79. The van der Waals surface area contributed by atoms with Gasteiger partial charge in [0.1, 0.15) is 0 Å². The van der Waals surface area contributed by atoms with Crippen molar-refractivity contribution in [1.29, 1.82) is 0 Å². The van der Waals surface area contributed by atoms with Crippen molar-refractivity contribution in [2.45, 2.75) is 31.5 Å². The Hall–Kier alpha value is -1.10. The Balaban J connectivity index is 1.29. The van der Waals surface area contributed by atoms with Gasteiger partial charge in [0.05, 0.1) is 13.2 Å². The van der Waals surface area contributed by atoms with E-state index in [4.69, 9.17) is 9.47 Å². The van der Waals surface area contributed by atoms with E-state index in [0.29, 0.717) is 0 Å². The molecule has 3 aliphatic rings. The standard InChI is InChI=1S/C17H24N2O2/c1-2-16-15(3-7-18-16)13-14(1)4-8-19-9-5-17(6-10-19)20-11-12-21-17/h1-2,13,18H,3-12H2. The second-order valence-electron chi connectivity index (χ2n) is 6.37. The summed E-state index contributed by atoms with van der Waals surface area (Å²) < 4.78 is 11.6. The molecule has 0 amide bonds. The van der Waals surface area contributed by atoms with E-state index in [1.807, 2.05) is 0 Å². The van der Waals surface area contributed by atoms with Crippen LogP contribution in [0.3, 0.4) is 0 Å². The highest BCUT2D eigenvalue weighted by Crippen LogP contribution is 2.31. The number of piperidine rings is 1. The molecule has 1 spiro atoms. The number of anilines is 1. The predicted octanol–water partition coefficient (Wildman–Crippen LogP) is 2.04. The average molecular weight is 288 g/mol. The van der Waals surface area contributed by atoms with Gasteiger partial charge in [0.15, 0.2) is 5.79 Å². The van der Waals surface area contributed by atoms with Crippen LogP contribution in [0.4, 0.5) is 5.69 Å². The van der Waals surface area contributed by atoms with Crippen LogP contribution in [0, 0.1) is 0 Å². The third-order valence-corrected chi connectivity index (χ3v) is 5.03. The first kappa shape index (κ1) is 13.6. The Labute approximate surface area is 126 Å². The number of nitrogens with one attached hydrogen (secondary N) is 1. The second kappa shape index (κ2) is 5.59. The molecule has 2 saturated heterocycles.